The van der Waals surface area contributed by atoms with E-state index >= 15 is 0 Å². The molecule has 0 spiro atoms. The maximum absolute atomic E-state index is 13.1. The Labute approximate surface area is 229 Å². The second-order valence-electron chi connectivity index (χ2n) is 9.36. The van der Waals surface area contributed by atoms with Crippen molar-refractivity contribution in [3.8, 4) is 11.5 Å². The van der Waals surface area contributed by atoms with Gasteiger partial charge in [0.1, 0.15) is 0 Å². The molecule has 0 fully saturated rings. The van der Waals surface area contributed by atoms with Crippen molar-refractivity contribution in [1.29, 1.82) is 0 Å². The van der Waals surface area contributed by atoms with E-state index in [0.717, 1.165) is 46.2 Å². The van der Waals surface area contributed by atoms with Crippen LogP contribution in [0, 0.1) is 3.57 Å². The molecule has 0 unspecified atom stereocenters. The fourth-order valence-corrected chi connectivity index (χ4v) is 6.11. The lowest BCUT2D eigenvalue weighted by Gasteiger charge is -2.37. The molecule has 0 radical (unpaired) electrons. The minimum Gasteiger partial charge on any atom is -0.490 e. The van der Waals surface area contributed by atoms with Crippen LogP contribution in [0.15, 0.2) is 65.0 Å². The van der Waals surface area contributed by atoms with Crippen LogP contribution in [0.1, 0.15) is 56.9 Å². The summed E-state index contributed by atoms with van der Waals surface area (Å²) in [4.78, 5) is 38.8. The highest BCUT2D eigenvalue weighted by atomic mass is 127. The normalized spacial score (nSPS) is 17.7. The molecule has 2 aromatic rings. The zero-order valence-electron chi connectivity index (χ0n) is 20.7. The SMILES string of the molecule is CCOc1cc(C2C3=C(CCCC3=O)NC3=C2C(=O)CCC3)cc(I)c1OCC(=O)Nc1ccccc1. The first kappa shape index (κ1) is 25.5. The number of Topliss-reactive ketones (excluding diaryl/α,β-unsaturated/α-hetero) is 2. The predicted octanol–water partition coefficient (Wildman–Crippen LogP) is 5.41. The number of amides is 1. The second kappa shape index (κ2) is 11.1. The number of carbonyl (C=O) groups excluding carboxylic acids is 3. The molecule has 37 heavy (non-hydrogen) atoms. The third-order valence-electron chi connectivity index (χ3n) is 6.86. The number of anilines is 1. The van der Waals surface area contributed by atoms with Crippen LogP contribution in [-0.2, 0) is 14.4 Å². The van der Waals surface area contributed by atoms with Gasteiger partial charge in [-0.2, -0.15) is 0 Å². The molecule has 3 aliphatic rings. The Hall–Kier alpha value is -3.14. The van der Waals surface area contributed by atoms with Crippen LogP contribution in [0.3, 0.4) is 0 Å². The first-order chi connectivity index (χ1) is 18.0. The fourth-order valence-electron chi connectivity index (χ4n) is 5.33. The summed E-state index contributed by atoms with van der Waals surface area (Å²) >= 11 is 2.17. The van der Waals surface area contributed by atoms with Crippen molar-refractivity contribution in [1.82, 2.24) is 5.32 Å². The summed E-state index contributed by atoms with van der Waals surface area (Å²) in [6.07, 6.45) is 4.20. The van der Waals surface area contributed by atoms with E-state index in [1.165, 1.54) is 0 Å². The maximum atomic E-state index is 13.1. The van der Waals surface area contributed by atoms with Crippen molar-refractivity contribution in [2.24, 2.45) is 0 Å². The minimum atomic E-state index is -0.421. The van der Waals surface area contributed by atoms with Crippen LogP contribution >= 0.6 is 22.6 Å². The summed E-state index contributed by atoms with van der Waals surface area (Å²) in [6, 6.07) is 13.0. The highest BCUT2D eigenvalue weighted by Gasteiger charge is 2.40. The second-order valence-corrected chi connectivity index (χ2v) is 10.5. The van der Waals surface area contributed by atoms with Gasteiger partial charge < -0.3 is 20.1 Å². The molecule has 0 bridgehead atoms. The number of nitrogens with one attached hydrogen (secondary N) is 2. The average Bonchev–Trinajstić information content (AvgIpc) is 2.88. The van der Waals surface area contributed by atoms with Gasteiger partial charge in [0.05, 0.1) is 10.2 Å². The maximum Gasteiger partial charge on any atom is 0.262 e. The van der Waals surface area contributed by atoms with E-state index in [2.05, 4.69) is 33.2 Å². The third-order valence-corrected chi connectivity index (χ3v) is 7.66. The van der Waals surface area contributed by atoms with Crippen molar-refractivity contribution in [2.75, 3.05) is 18.5 Å². The molecule has 1 amide bonds. The van der Waals surface area contributed by atoms with E-state index in [9.17, 15) is 14.4 Å². The topological polar surface area (TPSA) is 93.7 Å². The van der Waals surface area contributed by atoms with Gasteiger partial charge in [0.15, 0.2) is 29.7 Å². The van der Waals surface area contributed by atoms with Gasteiger partial charge in [0.25, 0.3) is 5.91 Å². The van der Waals surface area contributed by atoms with Crippen LogP contribution in [0.5, 0.6) is 11.5 Å². The molecule has 2 aliphatic carbocycles. The molecule has 0 aromatic heterocycles. The molecule has 192 valence electrons. The number of hydrogen-bond donors (Lipinski definition) is 2. The molecule has 2 aromatic carbocycles. The number of ether oxygens (including phenoxy) is 2. The molecule has 8 heteroatoms. The van der Waals surface area contributed by atoms with Crippen molar-refractivity contribution in [3.63, 3.8) is 0 Å². The van der Waals surface area contributed by atoms with Gasteiger partial charge in [0.2, 0.25) is 0 Å². The van der Waals surface area contributed by atoms with Crippen LogP contribution in [0.4, 0.5) is 5.69 Å². The number of benzene rings is 2. The lowest BCUT2D eigenvalue weighted by molar-refractivity contribution is -0.118. The van der Waals surface area contributed by atoms with Gasteiger partial charge in [-0.1, -0.05) is 18.2 Å². The van der Waals surface area contributed by atoms with Crippen molar-refractivity contribution < 1.29 is 23.9 Å². The number of rotatable bonds is 7. The Morgan fingerprint density at radius 3 is 2.24 bits per heavy atom. The lowest BCUT2D eigenvalue weighted by Crippen LogP contribution is -2.36. The van der Waals surface area contributed by atoms with E-state index in [1.807, 2.05) is 49.4 Å². The molecule has 1 aliphatic heterocycles. The first-order valence-electron chi connectivity index (χ1n) is 12.7. The van der Waals surface area contributed by atoms with E-state index in [1.54, 1.807) is 0 Å². The molecule has 0 saturated carbocycles. The molecule has 5 rings (SSSR count). The molecule has 2 N–H and O–H groups in total. The Morgan fingerprint density at radius 2 is 1.62 bits per heavy atom. The van der Waals surface area contributed by atoms with Gasteiger partial charge in [-0.15, -0.1) is 0 Å². The summed E-state index contributed by atoms with van der Waals surface area (Å²) in [5, 5.41) is 6.27. The standard InChI is InChI=1S/C29H29IN2O5/c1-2-36-24-15-17(14-19(30)29(24)37-16-25(35)31-18-8-4-3-5-9-18)26-27-20(10-6-12-22(27)33)32-21-11-7-13-23(34)28(21)26/h3-5,8-9,14-15,26,32H,2,6-7,10-13,16H2,1H3,(H,31,35). The van der Waals surface area contributed by atoms with Crippen molar-refractivity contribution in [3.05, 3.63) is 74.1 Å². The van der Waals surface area contributed by atoms with Crippen molar-refractivity contribution in [2.45, 2.75) is 51.4 Å². The number of carbonyl (C=O) groups is 3. The predicted molar refractivity (Wildman–Crippen MR) is 149 cm³/mol. The van der Waals surface area contributed by atoms with E-state index in [4.69, 9.17) is 9.47 Å². The Morgan fingerprint density at radius 1 is 0.973 bits per heavy atom. The third kappa shape index (κ3) is 5.30. The smallest absolute Gasteiger partial charge is 0.262 e. The van der Waals surface area contributed by atoms with E-state index in [0.29, 0.717) is 47.8 Å². The summed E-state index contributed by atoms with van der Waals surface area (Å²) in [6.45, 7) is 2.10. The van der Waals surface area contributed by atoms with Gasteiger partial charge in [-0.3, -0.25) is 14.4 Å². The summed E-state index contributed by atoms with van der Waals surface area (Å²) < 4.78 is 12.6. The summed E-state index contributed by atoms with van der Waals surface area (Å²) in [7, 11) is 0. The Bertz CT molecular complexity index is 1270. The number of allylic oxidation sites excluding steroid dienone is 4. The number of para-hydroxylation sites is 1. The van der Waals surface area contributed by atoms with Gasteiger partial charge in [0, 0.05) is 47.0 Å². The Kier molecular flexibility index (Phi) is 7.64. The summed E-state index contributed by atoms with van der Waals surface area (Å²) in [5.41, 5.74) is 4.82. The Balaban J connectivity index is 1.49. The van der Waals surface area contributed by atoms with Crippen LogP contribution in [0.25, 0.3) is 0 Å². The first-order valence-corrected chi connectivity index (χ1v) is 13.8. The van der Waals surface area contributed by atoms with Crippen LogP contribution < -0.4 is 20.1 Å². The molecular formula is C29H29IN2O5. The molecule has 1 heterocycles. The molecule has 7 nitrogen and oxygen atoms in total. The van der Waals surface area contributed by atoms with Gasteiger partial charge in [-0.25, -0.2) is 0 Å². The largest absolute Gasteiger partial charge is 0.490 e. The monoisotopic (exact) mass is 612 g/mol. The molecule has 0 saturated heterocycles. The zero-order valence-corrected chi connectivity index (χ0v) is 22.9. The van der Waals surface area contributed by atoms with E-state index < -0.39 is 5.92 Å². The highest BCUT2D eigenvalue weighted by Crippen LogP contribution is 2.47. The molecular weight excluding hydrogens is 583 g/mol. The number of dihydropyridines is 1. The van der Waals surface area contributed by atoms with E-state index in [-0.39, 0.29) is 24.1 Å². The highest BCUT2D eigenvalue weighted by molar-refractivity contribution is 14.1. The van der Waals surface area contributed by atoms with Crippen LogP contribution in [0.2, 0.25) is 0 Å². The zero-order chi connectivity index (χ0) is 25.9. The summed E-state index contributed by atoms with van der Waals surface area (Å²) in [5.74, 6) is 0.444. The molecule has 0 atom stereocenters. The van der Waals surface area contributed by atoms with Crippen LogP contribution in [-0.4, -0.2) is 30.7 Å². The number of hydrogen-bond acceptors (Lipinski definition) is 6. The number of ketones is 2. The number of halogens is 1. The van der Waals surface area contributed by atoms with Gasteiger partial charge in [-0.05, 0) is 85.0 Å². The average molecular weight is 612 g/mol. The quantitative estimate of drug-likeness (QED) is 0.407. The minimum absolute atomic E-state index is 0.0922. The van der Waals surface area contributed by atoms with Gasteiger partial charge >= 0.3 is 0 Å². The van der Waals surface area contributed by atoms with Crippen molar-refractivity contribution >= 4 is 45.8 Å². The fraction of sp³-hybridized carbons (Fsp3) is 0.345. The lowest BCUT2D eigenvalue weighted by atomic mass is 9.71.